The van der Waals surface area contributed by atoms with Gasteiger partial charge in [-0.3, -0.25) is 0 Å². The van der Waals surface area contributed by atoms with Crippen LogP contribution < -0.4 is 5.32 Å². The van der Waals surface area contributed by atoms with Crippen molar-refractivity contribution in [2.24, 2.45) is 5.41 Å². The molecular weight excluding hydrogens is 250 g/mol. The third-order valence-corrected chi connectivity index (χ3v) is 5.17. The average molecular weight is 283 g/mol. The first-order chi connectivity index (χ1) is 9.83. The number of hydrogen-bond acceptors (Lipinski definition) is 3. The van der Waals surface area contributed by atoms with E-state index < -0.39 is 0 Å². The fourth-order valence-electron chi connectivity index (χ4n) is 4.07. The first-order valence-electron chi connectivity index (χ1n) is 8.76. The van der Waals surface area contributed by atoms with Crippen LogP contribution in [0.5, 0.6) is 0 Å². The molecule has 0 heterocycles. The standard InChI is InChI=1S/C17H33NO2/c1-3-11-19-12-13-20-16-14-15(18-4-2)17(16)9-7-5-6-8-10-17/h15-16,18H,3-14H2,1-2H3. The van der Waals surface area contributed by atoms with Gasteiger partial charge in [0.2, 0.25) is 0 Å². The van der Waals surface area contributed by atoms with Gasteiger partial charge in [-0.25, -0.2) is 0 Å². The zero-order valence-corrected chi connectivity index (χ0v) is 13.5. The molecule has 1 N–H and O–H groups in total. The van der Waals surface area contributed by atoms with Crippen LogP contribution in [-0.2, 0) is 9.47 Å². The summed E-state index contributed by atoms with van der Waals surface area (Å²) in [6.07, 6.45) is 11.0. The molecule has 0 bridgehead atoms. The van der Waals surface area contributed by atoms with Gasteiger partial charge in [-0.05, 0) is 32.2 Å². The van der Waals surface area contributed by atoms with Crippen molar-refractivity contribution in [3.05, 3.63) is 0 Å². The van der Waals surface area contributed by atoms with Crippen LogP contribution in [-0.4, -0.2) is 38.5 Å². The lowest BCUT2D eigenvalue weighted by Gasteiger charge is -2.56. The van der Waals surface area contributed by atoms with Crippen molar-refractivity contribution in [1.82, 2.24) is 5.32 Å². The smallest absolute Gasteiger partial charge is 0.0704 e. The molecule has 0 aromatic rings. The first-order valence-corrected chi connectivity index (χ1v) is 8.76. The molecule has 2 aliphatic rings. The van der Waals surface area contributed by atoms with Gasteiger partial charge in [0.25, 0.3) is 0 Å². The lowest BCUT2D eigenvalue weighted by atomic mass is 9.57. The van der Waals surface area contributed by atoms with Gasteiger partial charge in [0.15, 0.2) is 0 Å². The fourth-order valence-corrected chi connectivity index (χ4v) is 4.07. The van der Waals surface area contributed by atoms with Gasteiger partial charge in [-0.2, -0.15) is 0 Å². The maximum absolute atomic E-state index is 6.18. The minimum atomic E-state index is 0.428. The van der Waals surface area contributed by atoms with Gasteiger partial charge < -0.3 is 14.8 Å². The monoisotopic (exact) mass is 283 g/mol. The topological polar surface area (TPSA) is 30.5 Å². The summed E-state index contributed by atoms with van der Waals surface area (Å²) in [6, 6.07) is 0.687. The summed E-state index contributed by atoms with van der Waals surface area (Å²) in [7, 11) is 0. The summed E-state index contributed by atoms with van der Waals surface area (Å²) in [6.45, 7) is 7.83. The third kappa shape index (κ3) is 3.75. The molecule has 0 aromatic carbocycles. The molecule has 2 fully saturated rings. The van der Waals surface area contributed by atoms with Crippen molar-refractivity contribution in [1.29, 1.82) is 0 Å². The van der Waals surface area contributed by atoms with E-state index >= 15 is 0 Å². The second kappa shape index (κ2) is 8.35. The highest BCUT2D eigenvalue weighted by atomic mass is 16.5. The number of hydrogen-bond donors (Lipinski definition) is 1. The number of nitrogens with one attached hydrogen (secondary N) is 1. The summed E-state index contributed by atoms with van der Waals surface area (Å²) < 4.78 is 11.7. The van der Waals surface area contributed by atoms with Crippen LogP contribution in [0.25, 0.3) is 0 Å². The predicted octanol–water partition coefficient (Wildman–Crippen LogP) is 3.52. The van der Waals surface area contributed by atoms with E-state index in [1.165, 1.54) is 44.9 Å². The highest BCUT2D eigenvalue weighted by Gasteiger charge is 2.54. The molecule has 0 radical (unpaired) electrons. The Kier molecular flexibility index (Phi) is 6.79. The second-order valence-corrected chi connectivity index (χ2v) is 6.47. The van der Waals surface area contributed by atoms with E-state index in [0.29, 0.717) is 17.6 Å². The Bertz CT molecular complexity index is 262. The van der Waals surface area contributed by atoms with Crippen LogP contribution in [0, 0.1) is 5.41 Å². The van der Waals surface area contributed by atoms with Gasteiger partial charge in [0.1, 0.15) is 0 Å². The summed E-state index contributed by atoms with van der Waals surface area (Å²) >= 11 is 0. The number of ether oxygens (including phenoxy) is 2. The molecule has 2 aliphatic carbocycles. The molecule has 20 heavy (non-hydrogen) atoms. The molecule has 3 heteroatoms. The summed E-state index contributed by atoms with van der Waals surface area (Å²) in [4.78, 5) is 0. The lowest BCUT2D eigenvalue weighted by molar-refractivity contribution is -0.150. The molecule has 118 valence electrons. The Labute approximate surface area is 124 Å². The Hall–Kier alpha value is -0.120. The van der Waals surface area contributed by atoms with Crippen molar-refractivity contribution in [3.8, 4) is 0 Å². The molecule has 0 saturated heterocycles. The molecule has 0 aliphatic heterocycles. The molecule has 1 spiro atoms. The van der Waals surface area contributed by atoms with E-state index in [4.69, 9.17) is 9.47 Å². The van der Waals surface area contributed by atoms with Gasteiger partial charge >= 0.3 is 0 Å². The normalized spacial score (nSPS) is 29.1. The van der Waals surface area contributed by atoms with E-state index in [9.17, 15) is 0 Å². The highest BCUT2D eigenvalue weighted by molar-refractivity contribution is 5.08. The average Bonchev–Trinajstić information content (AvgIpc) is 2.73. The lowest BCUT2D eigenvalue weighted by Crippen LogP contribution is -2.63. The van der Waals surface area contributed by atoms with Gasteiger partial charge in [-0.1, -0.05) is 39.5 Å². The molecule has 2 atom stereocenters. The van der Waals surface area contributed by atoms with E-state index in [2.05, 4.69) is 19.2 Å². The van der Waals surface area contributed by atoms with E-state index in [0.717, 1.165) is 32.8 Å². The quantitative estimate of drug-likeness (QED) is 0.691. The van der Waals surface area contributed by atoms with Crippen LogP contribution in [0.3, 0.4) is 0 Å². The first kappa shape index (κ1) is 16.3. The molecule has 0 amide bonds. The van der Waals surface area contributed by atoms with Crippen LogP contribution in [0.4, 0.5) is 0 Å². The van der Waals surface area contributed by atoms with Crippen LogP contribution >= 0.6 is 0 Å². The van der Waals surface area contributed by atoms with Crippen molar-refractivity contribution in [2.75, 3.05) is 26.4 Å². The fraction of sp³-hybridized carbons (Fsp3) is 1.00. The largest absolute Gasteiger partial charge is 0.379 e. The number of rotatable bonds is 8. The van der Waals surface area contributed by atoms with Gasteiger partial charge in [-0.15, -0.1) is 0 Å². The van der Waals surface area contributed by atoms with Crippen molar-refractivity contribution >= 4 is 0 Å². The maximum Gasteiger partial charge on any atom is 0.0704 e. The van der Waals surface area contributed by atoms with Crippen LogP contribution in [0.2, 0.25) is 0 Å². The molecule has 2 unspecified atom stereocenters. The van der Waals surface area contributed by atoms with Crippen LogP contribution in [0.1, 0.15) is 65.2 Å². The van der Waals surface area contributed by atoms with Gasteiger partial charge in [0.05, 0.1) is 19.3 Å². The maximum atomic E-state index is 6.18. The summed E-state index contributed by atoms with van der Waals surface area (Å²) in [5.41, 5.74) is 0.428. The highest BCUT2D eigenvalue weighted by Crippen LogP contribution is 2.52. The molecule has 2 rings (SSSR count). The Morgan fingerprint density at radius 1 is 1.00 bits per heavy atom. The second-order valence-electron chi connectivity index (χ2n) is 6.47. The van der Waals surface area contributed by atoms with Crippen molar-refractivity contribution < 1.29 is 9.47 Å². The van der Waals surface area contributed by atoms with Crippen molar-refractivity contribution in [3.63, 3.8) is 0 Å². The Balaban J connectivity index is 1.81. The third-order valence-electron chi connectivity index (χ3n) is 5.17. The Morgan fingerprint density at radius 2 is 1.75 bits per heavy atom. The van der Waals surface area contributed by atoms with Crippen LogP contribution in [0.15, 0.2) is 0 Å². The molecular formula is C17H33NO2. The van der Waals surface area contributed by atoms with Gasteiger partial charge in [0, 0.05) is 18.1 Å². The molecule has 2 saturated carbocycles. The van der Waals surface area contributed by atoms with Crippen molar-refractivity contribution in [2.45, 2.75) is 77.4 Å². The molecule has 0 aromatic heterocycles. The zero-order valence-electron chi connectivity index (χ0n) is 13.5. The SMILES string of the molecule is CCCOCCOC1CC(NCC)C12CCCCCC2. The predicted molar refractivity (Wildman–Crippen MR) is 83.1 cm³/mol. The Morgan fingerprint density at radius 3 is 2.40 bits per heavy atom. The minimum absolute atomic E-state index is 0.428. The summed E-state index contributed by atoms with van der Waals surface area (Å²) in [5.74, 6) is 0. The van der Waals surface area contributed by atoms with E-state index in [-0.39, 0.29) is 0 Å². The molecule has 3 nitrogen and oxygen atoms in total. The zero-order chi connectivity index (χ0) is 14.3. The minimum Gasteiger partial charge on any atom is -0.379 e. The summed E-state index contributed by atoms with van der Waals surface area (Å²) in [5, 5.41) is 3.70. The van der Waals surface area contributed by atoms with E-state index in [1.54, 1.807) is 0 Å². The van der Waals surface area contributed by atoms with E-state index in [1.807, 2.05) is 0 Å².